The van der Waals surface area contributed by atoms with E-state index in [0.29, 0.717) is 28.4 Å². The first kappa shape index (κ1) is 26.5. The van der Waals surface area contributed by atoms with E-state index in [1.807, 2.05) is 6.07 Å². The van der Waals surface area contributed by atoms with Crippen molar-refractivity contribution in [3.05, 3.63) is 76.8 Å². The summed E-state index contributed by atoms with van der Waals surface area (Å²) in [7, 11) is -3.53. The van der Waals surface area contributed by atoms with Crippen molar-refractivity contribution < 1.29 is 17.6 Å². The largest absolute Gasteiger partial charge is 0.353 e. The van der Waals surface area contributed by atoms with Crippen molar-refractivity contribution in [2.24, 2.45) is 0 Å². The van der Waals surface area contributed by atoms with Gasteiger partial charge in [0, 0.05) is 65.7 Å². The number of rotatable bonds is 6. The molecule has 0 unspecified atom stereocenters. The number of hydrogen-bond acceptors (Lipinski definition) is 8. The zero-order valence-corrected chi connectivity index (χ0v) is 23.2. The number of benzene rings is 1. The minimum atomic E-state index is -3.53. The Morgan fingerprint density at radius 1 is 1.12 bits per heavy atom. The average Bonchev–Trinajstić information content (AvgIpc) is 3.67. The highest BCUT2D eigenvalue weighted by Gasteiger charge is 2.45. The smallest absolute Gasteiger partial charge is 0.251 e. The number of sulfone groups is 1. The third-order valence-electron chi connectivity index (χ3n) is 7.21. The molecule has 4 heterocycles. The van der Waals surface area contributed by atoms with Gasteiger partial charge >= 0.3 is 0 Å². The van der Waals surface area contributed by atoms with Crippen molar-refractivity contribution in [2.75, 3.05) is 30.8 Å². The molecule has 1 aromatic carbocycles. The van der Waals surface area contributed by atoms with E-state index in [1.165, 1.54) is 30.3 Å². The first-order valence-electron chi connectivity index (χ1n) is 12.8. The maximum atomic E-state index is 14.7. The van der Waals surface area contributed by atoms with E-state index < -0.39 is 15.7 Å². The van der Waals surface area contributed by atoms with Gasteiger partial charge in [0.05, 0.1) is 34.0 Å². The van der Waals surface area contributed by atoms with Crippen molar-refractivity contribution in [1.29, 1.82) is 0 Å². The summed E-state index contributed by atoms with van der Waals surface area (Å²) < 4.78 is 38.5. The molecule has 0 bridgehead atoms. The van der Waals surface area contributed by atoms with Crippen molar-refractivity contribution in [1.82, 2.24) is 25.6 Å². The molecular weight excluding hydrogens is 555 g/mol. The highest BCUT2D eigenvalue weighted by Crippen LogP contribution is 2.38. The van der Waals surface area contributed by atoms with E-state index in [-0.39, 0.29) is 33.4 Å². The highest BCUT2D eigenvalue weighted by molar-refractivity contribution is 7.90. The number of carbonyl (C=O) groups is 1. The lowest BCUT2D eigenvalue weighted by Gasteiger charge is -2.35. The van der Waals surface area contributed by atoms with Crippen LogP contribution in [0.3, 0.4) is 0 Å². The van der Waals surface area contributed by atoms with Gasteiger partial charge in [0.25, 0.3) is 5.91 Å². The topological polar surface area (TPSA) is 117 Å². The standard InChI is InChI=1S/C28H26ClFN6O3S/c1-40(38,39)22-9-18(8-19(29)10-22)27(37)32-15-21-13-24-17(14-31-21)2-3-23(34-24)25-11-20(30)12-26(35-25)36-7-6-33-28(16-36)4-5-28/h2-3,8-14,33H,4-7,15-16H2,1H3,(H,32,37). The van der Waals surface area contributed by atoms with E-state index in [9.17, 15) is 17.6 Å². The van der Waals surface area contributed by atoms with Gasteiger partial charge in [0.15, 0.2) is 9.84 Å². The van der Waals surface area contributed by atoms with Crippen LogP contribution in [0.2, 0.25) is 5.02 Å². The van der Waals surface area contributed by atoms with Crippen LogP contribution < -0.4 is 15.5 Å². The predicted octanol–water partition coefficient (Wildman–Crippen LogP) is 3.76. The van der Waals surface area contributed by atoms with E-state index in [2.05, 4.69) is 20.5 Å². The van der Waals surface area contributed by atoms with Crippen molar-refractivity contribution >= 4 is 44.1 Å². The first-order chi connectivity index (χ1) is 19.1. The number of fused-ring (bicyclic) bond motifs is 1. The molecule has 4 aromatic rings. The Balaban J connectivity index is 1.22. The number of nitrogens with one attached hydrogen (secondary N) is 2. The van der Waals surface area contributed by atoms with Gasteiger partial charge < -0.3 is 15.5 Å². The van der Waals surface area contributed by atoms with E-state index in [0.717, 1.165) is 44.1 Å². The summed E-state index contributed by atoms with van der Waals surface area (Å²) in [6.07, 6.45) is 4.94. The Bertz CT molecular complexity index is 1760. The fraction of sp³-hybridized carbons (Fsp3) is 0.286. The SMILES string of the molecule is CS(=O)(=O)c1cc(Cl)cc(C(=O)NCc2cc3nc(-c4cc(F)cc(N5CCNC6(CC6)C5)n4)ccc3cn2)c1. The van der Waals surface area contributed by atoms with Gasteiger partial charge in [-0.1, -0.05) is 11.6 Å². The van der Waals surface area contributed by atoms with Gasteiger partial charge in [0.2, 0.25) is 0 Å². The number of carbonyl (C=O) groups excluding carboxylic acids is 1. The summed E-state index contributed by atoms with van der Waals surface area (Å²) in [4.78, 5) is 28.7. The molecule has 1 aliphatic carbocycles. The van der Waals surface area contributed by atoms with Crippen molar-refractivity contribution in [3.63, 3.8) is 0 Å². The van der Waals surface area contributed by atoms with Crippen LogP contribution in [0, 0.1) is 5.82 Å². The van der Waals surface area contributed by atoms with E-state index in [4.69, 9.17) is 21.6 Å². The average molecular weight is 581 g/mol. The molecule has 2 fully saturated rings. The lowest BCUT2D eigenvalue weighted by atomic mass is 10.1. The second-order valence-corrected chi connectivity index (χ2v) is 12.8. The predicted molar refractivity (Wildman–Crippen MR) is 151 cm³/mol. The van der Waals surface area contributed by atoms with Crippen LogP contribution >= 0.6 is 11.6 Å². The second kappa shape index (κ2) is 10.1. The molecular formula is C28H26ClFN6O3S. The number of nitrogens with zero attached hydrogens (tertiary/aromatic N) is 4. The zero-order chi connectivity index (χ0) is 28.1. The summed E-state index contributed by atoms with van der Waals surface area (Å²) in [5.41, 5.74) is 2.38. The third-order valence-corrected chi connectivity index (χ3v) is 8.52. The molecule has 1 spiro atoms. The number of aromatic nitrogens is 3. The Morgan fingerprint density at radius 3 is 2.73 bits per heavy atom. The molecule has 2 aliphatic rings. The van der Waals surface area contributed by atoms with Crippen LogP contribution in [-0.4, -0.2) is 60.7 Å². The fourth-order valence-corrected chi connectivity index (χ4v) is 5.87. The Hall–Kier alpha value is -3.67. The van der Waals surface area contributed by atoms with Gasteiger partial charge in [-0.3, -0.25) is 9.78 Å². The van der Waals surface area contributed by atoms with Gasteiger partial charge in [-0.2, -0.15) is 0 Å². The van der Waals surface area contributed by atoms with E-state index >= 15 is 0 Å². The molecule has 2 N–H and O–H groups in total. The summed E-state index contributed by atoms with van der Waals surface area (Å²) in [5, 5.41) is 7.22. The molecule has 1 saturated heterocycles. The number of pyridine rings is 3. The third kappa shape index (κ3) is 5.63. The first-order valence-corrected chi connectivity index (χ1v) is 15.1. The second-order valence-electron chi connectivity index (χ2n) is 10.4. The van der Waals surface area contributed by atoms with Gasteiger partial charge in [-0.15, -0.1) is 0 Å². The quantitative estimate of drug-likeness (QED) is 0.354. The van der Waals surface area contributed by atoms with Crippen LogP contribution in [0.5, 0.6) is 0 Å². The van der Waals surface area contributed by atoms with Gasteiger partial charge in [0.1, 0.15) is 11.6 Å². The highest BCUT2D eigenvalue weighted by atomic mass is 35.5. The van der Waals surface area contributed by atoms with Crippen LogP contribution in [0.15, 0.2) is 59.6 Å². The lowest BCUT2D eigenvalue weighted by Crippen LogP contribution is -2.52. The molecule has 40 heavy (non-hydrogen) atoms. The number of halogens is 2. The lowest BCUT2D eigenvalue weighted by molar-refractivity contribution is 0.0950. The maximum Gasteiger partial charge on any atom is 0.251 e. The molecule has 3 aromatic heterocycles. The van der Waals surface area contributed by atoms with Crippen LogP contribution in [0.25, 0.3) is 22.3 Å². The normalized spacial score (nSPS) is 16.3. The van der Waals surface area contributed by atoms with Crippen molar-refractivity contribution in [3.8, 4) is 11.4 Å². The minimum Gasteiger partial charge on any atom is -0.353 e. The Labute approximate surface area is 235 Å². The molecule has 0 atom stereocenters. The molecule has 1 aliphatic heterocycles. The number of anilines is 1. The molecule has 6 rings (SSSR count). The number of hydrogen-bond donors (Lipinski definition) is 2. The minimum absolute atomic E-state index is 0.0381. The fourth-order valence-electron chi connectivity index (χ4n) is 4.89. The summed E-state index contributed by atoms with van der Waals surface area (Å²) in [6.45, 7) is 2.48. The van der Waals surface area contributed by atoms with E-state index in [1.54, 1.807) is 18.3 Å². The molecule has 12 heteroatoms. The molecule has 1 saturated carbocycles. The monoisotopic (exact) mass is 580 g/mol. The van der Waals surface area contributed by atoms with Gasteiger partial charge in [-0.25, -0.2) is 22.8 Å². The molecule has 1 amide bonds. The molecule has 206 valence electrons. The Morgan fingerprint density at radius 2 is 1.95 bits per heavy atom. The summed E-state index contributed by atoms with van der Waals surface area (Å²) in [6, 6.07) is 12.2. The van der Waals surface area contributed by atoms with Crippen LogP contribution in [-0.2, 0) is 16.4 Å². The number of piperazine rings is 1. The van der Waals surface area contributed by atoms with Crippen LogP contribution in [0.1, 0.15) is 28.9 Å². The van der Waals surface area contributed by atoms with Crippen molar-refractivity contribution in [2.45, 2.75) is 29.8 Å². The molecule has 0 radical (unpaired) electrons. The number of amides is 1. The summed E-state index contributed by atoms with van der Waals surface area (Å²) in [5.74, 6) is -0.264. The maximum absolute atomic E-state index is 14.7. The Kier molecular flexibility index (Phi) is 6.68. The van der Waals surface area contributed by atoms with Gasteiger partial charge in [-0.05, 0) is 49.2 Å². The van der Waals surface area contributed by atoms with Crippen LogP contribution in [0.4, 0.5) is 10.2 Å². The summed E-state index contributed by atoms with van der Waals surface area (Å²) >= 11 is 6.03. The zero-order valence-electron chi connectivity index (χ0n) is 21.6. The molecule has 9 nitrogen and oxygen atoms in total.